The van der Waals surface area contributed by atoms with Gasteiger partial charge in [-0.3, -0.25) is 0 Å². The van der Waals surface area contributed by atoms with E-state index in [0.717, 1.165) is 45.6 Å². The van der Waals surface area contributed by atoms with Gasteiger partial charge >= 0.3 is 0 Å². The smallest absolute Gasteiger partial charge is 0.0716 e. The van der Waals surface area contributed by atoms with Crippen LogP contribution >= 0.6 is 0 Å². The average Bonchev–Trinajstić information content (AvgIpc) is 2.64. The molecule has 2 aromatic rings. The van der Waals surface area contributed by atoms with Gasteiger partial charge in [0, 0.05) is 13.2 Å². The van der Waals surface area contributed by atoms with Gasteiger partial charge in [0.2, 0.25) is 0 Å². The number of hydrogen-bond acceptors (Lipinski definition) is 3. The molecule has 0 bridgehead atoms. The van der Waals surface area contributed by atoms with E-state index in [9.17, 15) is 0 Å². The summed E-state index contributed by atoms with van der Waals surface area (Å²) < 4.78 is 11.3. The van der Waals surface area contributed by atoms with E-state index < -0.39 is 0 Å². The molecule has 0 aliphatic rings. The van der Waals surface area contributed by atoms with E-state index >= 15 is 0 Å². The SMILES string of the molecule is c1ccc(COCCCCNCCCOCc2ccccc2)cc1. The molecule has 0 saturated carbocycles. The summed E-state index contributed by atoms with van der Waals surface area (Å²) in [6, 6.07) is 20.6. The molecule has 0 aliphatic heterocycles. The molecule has 0 saturated heterocycles. The van der Waals surface area contributed by atoms with Crippen LogP contribution in [0.5, 0.6) is 0 Å². The Morgan fingerprint density at radius 2 is 1.08 bits per heavy atom. The number of rotatable bonds is 13. The van der Waals surface area contributed by atoms with Gasteiger partial charge in [0.05, 0.1) is 13.2 Å². The first-order chi connectivity index (χ1) is 11.9. The zero-order valence-corrected chi connectivity index (χ0v) is 14.5. The maximum Gasteiger partial charge on any atom is 0.0716 e. The van der Waals surface area contributed by atoms with Gasteiger partial charge in [-0.1, -0.05) is 60.7 Å². The van der Waals surface area contributed by atoms with Gasteiger partial charge in [0.15, 0.2) is 0 Å². The fourth-order valence-corrected chi connectivity index (χ4v) is 2.41. The Bertz CT molecular complexity index is 466. The lowest BCUT2D eigenvalue weighted by atomic mass is 10.2. The van der Waals surface area contributed by atoms with Crippen molar-refractivity contribution in [3.8, 4) is 0 Å². The van der Waals surface area contributed by atoms with Crippen molar-refractivity contribution in [1.29, 1.82) is 0 Å². The largest absolute Gasteiger partial charge is 0.377 e. The van der Waals surface area contributed by atoms with Crippen LogP contribution in [0.25, 0.3) is 0 Å². The predicted octanol–water partition coefficient (Wildman–Crippen LogP) is 4.18. The van der Waals surface area contributed by atoms with E-state index in [1.165, 1.54) is 11.1 Å². The summed E-state index contributed by atoms with van der Waals surface area (Å²) in [6.45, 7) is 5.12. The van der Waals surface area contributed by atoms with E-state index in [2.05, 4.69) is 29.6 Å². The molecule has 2 rings (SSSR count). The van der Waals surface area contributed by atoms with Crippen LogP contribution in [-0.2, 0) is 22.7 Å². The van der Waals surface area contributed by atoms with E-state index in [1.807, 2.05) is 36.4 Å². The second kappa shape index (κ2) is 12.7. The van der Waals surface area contributed by atoms with Crippen LogP contribution in [0.3, 0.4) is 0 Å². The standard InChI is InChI=1S/C21H29NO2/c1-3-10-20(11-4-1)18-23-16-8-7-14-22-15-9-17-24-19-21-12-5-2-6-13-21/h1-6,10-13,22H,7-9,14-19H2. The fourth-order valence-electron chi connectivity index (χ4n) is 2.41. The third kappa shape index (κ3) is 8.82. The summed E-state index contributed by atoms with van der Waals surface area (Å²) in [7, 11) is 0. The van der Waals surface area contributed by atoms with Gasteiger partial charge in [0.1, 0.15) is 0 Å². The Morgan fingerprint density at radius 3 is 1.67 bits per heavy atom. The molecule has 2 aromatic carbocycles. The monoisotopic (exact) mass is 327 g/mol. The van der Waals surface area contributed by atoms with Crippen molar-refractivity contribution in [3.63, 3.8) is 0 Å². The molecule has 3 nitrogen and oxygen atoms in total. The highest BCUT2D eigenvalue weighted by molar-refractivity contribution is 5.14. The van der Waals surface area contributed by atoms with Gasteiger partial charge in [-0.25, -0.2) is 0 Å². The molecule has 0 atom stereocenters. The molecule has 0 radical (unpaired) electrons. The second-order valence-electron chi connectivity index (χ2n) is 5.89. The molecule has 130 valence electrons. The predicted molar refractivity (Wildman–Crippen MR) is 98.9 cm³/mol. The van der Waals surface area contributed by atoms with E-state index in [-0.39, 0.29) is 0 Å². The first-order valence-corrected chi connectivity index (χ1v) is 8.89. The molecule has 0 unspecified atom stereocenters. The minimum atomic E-state index is 0.708. The van der Waals surface area contributed by atoms with Crippen LogP contribution in [0.4, 0.5) is 0 Å². The second-order valence-corrected chi connectivity index (χ2v) is 5.89. The van der Waals surface area contributed by atoms with Crippen molar-refractivity contribution in [3.05, 3.63) is 71.8 Å². The maximum atomic E-state index is 5.67. The lowest BCUT2D eigenvalue weighted by Gasteiger charge is -2.07. The molecule has 0 aliphatic carbocycles. The summed E-state index contributed by atoms with van der Waals surface area (Å²) in [5.74, 6) is 0. The zero-order chi connectivity index (χ0) is 16.7. The van der Waals surface area contributed by atoms with Crippen molar-refractivity contribution < 1.29 is 9.47 Å². The first-order valence-electron chi connectivity index (χ1n) is 8.89. The van der Waals surface area contributed by atoms with Crippen LogP contribution < -0.4 is 5.32 Å². The van der Waals surface area contributed by atoms with Crippen molar-refractivity contribution in [2.24, 2.45) is 0 Å². The molecule has 0 fully saturated rings. The normalized spacial score (nSPS) is 10.8. The van der Waals surface area contributed by atoms with Crippen molar-refractivity contribution in [2.45, 2.75) is 32.5 Å². The number of hydrogen-bond donors (Lipinski definition) is 1. The Balaban J connectivity index is 1.32. The Labute approximate surface area is 146 Å². The average molecular weight is 327 g/mol. The number of ether oxygens (including phenoxy) is 2. The third-order valence-corrected chi connectivity index (χ3v) is 3.76. The number of nitrogens with one attached hydrogen (secondary N) is 1. The minimum absolute atomic E-state index is 0.708. The molecule has 0 amide bonds. The van der Waals surface area contributed by atoms with Crippen LogP contribution in [0.1, 0.15) is 30.4 Å². The Kier molecular flexibility index (Phi) is 9.88. The quantitative estimate of drug-likeness (QED) is 0.560. The third-order valence-electron chi connectivity index (χ3n) is 3.76. The minimum Gasteiger partial charge on any atom is -0.377 e. The highest BCUT2D eigenvalue weighted by Gasteiger charge is 1.94. The molecule has 1 N–H and O–H groups in total. The zero-order valence-electron chi connectivity index (χ0n) is 14.5. The summed E-state index contributed by atoms with van der Waals surface area (Å²) >= 11 is 0. The highest BCUT2D eigenvalue weighted by Crippen LogP contribution is 2.02. The van der Waals surface area contributed by atoms with Gasteiger partial charge < -0.3 is 14.8 Å². The van der Waals surface area contributed by atoms with Crippen LogP contribution in [0.2, 0.25) is 0 Å². The molecule has 0 spiro atoms. The molecule has 0 aromatic heterocycles. The molecule has 24 heavy (non-hydrogen) atoms. The maximum absolute atomic E-state index is 5.67. The summed E-state index contributed by atoms with van der Waals surface area (Å²) in [5.41, 5.74) is 2.48. The fraction of sp³-hybridized carbons (Fsp3) is 0.429. The Morgan fingerprint density at radius 1 is 0.583 bits per heavy atom. The van der Waals surface area contributed by atoms with Gasteiger partial charge in [-0.15, -0.1) is 0 Å². The lowest BCUT2D eigenvalue weighted by molar-refractivity contribution is 0.115. The molecular formula is C21H29NO2. The van der Waals surface area contributed by atoms with Crippen molar-refractivity contribution in [1.82, 2.24) is 5.32 Å². The highest BCUT2D eigenvalue weighted by atomic mass is 16.5. The topological polar surface area (TPSA) is 30.5 Å². The first kappa shape index (κ1) is 18.7. The number of benzene rings is 2. The van der Waals surface area contributed by atoms with Crippen LogP contribution in [-0.4, -0.2) is 26.3 Å². The van der Waals surface area contributed by atoms with Crippen molar-refractivity contribution in [2.75, 3.05) is 26.3 Å². The molecule has 3 heteroatoms. The summed E-state index contributed by atoms with van der Waals surface area (Å²) in [5, 5.41) is 3.46. The molecular weight excluding hydrogens is 298 g/mol. The van der Waals surface area contributed by atoms with Gasteiger partial charge in [-0.2, -0.15) is 0 Å². The van der Waals surface area contributed by atoms with E-state index in [1.54, 1.807) is 0 Å². The Hall–Kier alpha value is -1.68. The van der Waals surface area contributed by atoms with E-state index in [4.69, 9.17) is 9.47 Å². The van der Waals surface area contributed by atoms with Crippen LogP contribution in [0, 0.1) is 0 Å². The van der Waals surface area contributed by atoms with Gasteiger partial charge in [0.25, 0.3) is 0 Å². The van der Waals surface area contributed by atoms with Crippen molar-refractivity contribution >= 4 is 0 Å². The van der Waals surface area contributed by atoms with E-state index in [0.29, 0.717) is 13.2 Å². The summed E-state index contributed by atoms with van der Waals surface area (Å²) in [4.78, 5) is 0. The number of unbranched alkanes of at least 4 members (excludes halogenated alkanes) is 1. The van der Waals surface area contributed by atoms with Gasteiger partial charge in [-0.05, 0) is 43.5 Å². The van der Waals surface area contributed by atoms with Crippen LogP contribution in [0.15, 0.2) is 60.7 Å². The lowest BCUT2D eigenvalue weighted by Crippen LogP contribution is -2.18. The molecule has 0 heterocycles. The summed E-state index contributed by atoms with van der Waals surface area (Å²) in [6.07, 6.45) is 3.31.